The second-order valence-electron chi connectivity index (χ2n) is 7.00. The van der Waals surface area contributed by atoms with Crippen LogP contribution < -0.4 is 10.1 Å². The molecular formula is C20H24N4O6S2. The summed E-state index contributed by atoms with van der Waals surface area (Å²) >= 11 is 1.10. The fraction of sp³-hybridized carbons (Fsp3) is 0.400. The first-order valence-corrected chi connectivity index (χ1v) is 12.5. The van der Waals surface area contributed by atoms with Gasteiger partial charge in [-0.05, 0) is 44.0 Å². The molecule has 2 heterocycles. The predicted molar refractivity (Wildman–Crippen MR) is 120 cm³/mol. The van der Waals surface area contributed by atoms with Crippen LogP contribution in [0.5, 0.6) is 5.75 Å². The number of benzene rings is 1. The number of rotatable bonds is 9. The third kappa shape index (κ3) is 5.96. The van der Waals surface area contributed by atoms with E-state index in [0.29, 0.717) is 30.5 Å². The van der Waals surface area contributed by atoms with Crippen molar-refractivity contribution in [2.24, 2.45) is 0 Å². The summed E-state index contributed by atoms with van der Waals surface area (Å²) in [6.07, 6.45) is 4.02. The maximum absolute atomic E-state index is 12.7. The molecule has 1 aliphatic heterocycles. The minimum absolute atomic E-state index is 0.0460. The number of anilines is 1. The lowest BCUT2D eigenvalue weighted by molar-refractivity contribution is -0.384. The smallest absolute Gasteiger partial charge is 0.296 e. The highest BCUT2D eigenvalue weighted by molar-refractivity contribution is 7.99. The van der Waals surface area contributed by atoms with Gasteiger partial charge in [0.15, 0.2) is 0 Å². The molecule has 0 saturated carbocycles. The normalized spacial score (nSPS) is 14.7. The van der Waals surface area contributed by atoms with Crippen molar-refractivity contribution in [3.63, 3.8) is 0 Å². The van der Waals surface area contributed by atoms with Gasteiger partial charge in [-0.3, -0.25) is 14.9 Å². The molecule has 10 nitrogen and oxygen atoms in total. The highest BCUT2D eigenvalue weighted by atomic mass is 32.2. The van der Waals surface area contributed by atoms with Crippen molar-refractivity contribution in [3.8, 4) is 5.75 Å². The molecular weight excluding hydrogens is 456 g/mol. The predicted octanol–water partition coefficient (Wildman–Crippen LogP) is 3.29. The van der Waals surface area contributed by atoms with Crippen LogP contribution in [0.25, 0.3) is 0 Å². The number of nitro benzene ring substituents is 1. The Morgan fingerprint density at radius 3 is 2.62 bits per heavy atom. The van der Waals surface area contributed by atoms with Crippen LogP contribution in [0.4, 0.5) is 11.4 Å². The summed E-state index contributed by atoms with van der Waals surface area (Å²) in [5.74, 6) is -0.153. The van der Waals surface area contributed by atoms with Crippen molar-refractivity contribution in [1.29, 1.82) is 0 Å². The molecule has 1 aliphatic rings. The number of amides is 1. The number of nitro groups is 1. The number of ether oxygens (including phenoxy) is 1. The Morgan fingerprint density at radius 1 is 1.25 bits per heavy atom. The summed E-state index contributed by atoms with van der Waals surface area (Å²) in [4.78, 5) is 27.3. The number of piperidine rings is 1. The van der Waals surface area contributed by atoms with Gasteiger partial charge in [-0.25, -0.2) is 13.4 Å². The lowest BCUT2D eigenvalue weighted by Gasteiger charge is -2.25. The van der Waals surface area contributed by atoms with Crippen molar-refractivity contribution in [3.05, 3.63) is 46.6 Å². The number of sulfonamides is 1. The fourth-order valence-corrected chi connectivity index (χ4v) is 5.32. The second kappa shape index (κ2) is 10.7. The van der Waals surface area contributed by atoms with Gasteiger partial charge in [-0.1, -0.05) is 18.2 Å². The van der Waals surface area contributed by atoms with Gasteiger partial charge in [-0.15, -0.1) is 0 Å². The summed E-state index contributed by atoms with van der Waals surface area (Å²) in [6, 6.07) is 7.25. The number of thioether (sulfide) groups is 1. The van der Waals surface area contributed by atoms with E-state index >= 15 is 0 Å². The van der Waals surface area contributed by atoms with Crippen LogP contribution in [-0.2, 0) is 14.8 Å². The SMILES string of the molecule is CCOc1ccc(NC(=O)CSc2ccc(S(=O)(=O)N3CCCCC3)cn2)c([N+](=O)[O-])c1. The highest BCUT2D eigenvalue weighted by Crippen LogP contribution is 2.29. The minimum Gasteiger partial charge on any atom is -0.494 e. The topological polar surface area (TPSA) is 132 Å². The number of hydrogen-bond acceptors (Lipinski definition) is 8. The minimum atomic E-state index is -3.56. The van der Waals surface area contributed by atoms with Crippen LogP contribution in [0.1, 0.15) is 26.2 Å². The summed E-state index contributed by atoms with van der Waals surface area (Å²) in [5, 5.41) is 14.3. The van der Waals surface area contributed by atoms with E-state index in [4.69, 9.17) is 4.74 Å². The molecule has 0 unspecified atom stereocenters. The Kier molecular flexibility index (Phi) is 8.04. The Bertz CT molecular complexity index is 1070. The van der Waals surface area contributed by atoms with Gasteiger partial charge in [0.25, 0.3) is 5.69 Å². The van der Waals surface area contributed by atoms with Crippen molar-refractivity contribution < 1.29 is 22.9 Å². The lowest BCUT2D eigenvalue weighted by Crippen LogP contribution is -2.35. The van der Waals surface area contributed by atoms with Crippen molar-refractivity contribution in [2.45, 2.75) is 36.1 Å². The van der Waals surface area contributed by atoms with Crippen LogP contribution in [0, 0.1) is 10.1 Å². The molecule has 3 rings (SSSR count). The molecule has 0 spiro atoms. The number of carbonyl (C=O) groups excluding carboxylic acids is 1. The van der Waals surface area contributed by atoms with Crippen molar-refractivity contribution in [2.75, 3.05) is 30.8 Å². The van der Waals surface area contributed by atoms with E-state index < -0.39 is 20.9 Å². The maximum atomic E-state index is 12.7. The summed E-state index contributed by atoms with van der Waals surface area (Å²) < 4.78 is 32.1. The van der Waals surface area contributed by atoms with E-state index in [1.165, 1.54) is 28.7 Å². The highest BCUT2D eigenvalue weighted by Gasteiger charge is 2.26. The van der Waals surface area contributed by atoms with Gasteiger partial charge in [0.2, 0.25) is 15.9 Å². The van der Waals surface area contributed by atoms with Crippen LogP contribution in [-0.4, -0.2) is 54.0 Å². The van der Waals surface area contributed by atoms with Crippen LogP contribution in [0.15, 0.2) is 46.5 Å². The Labute approximate surface area is 190 Å². The molecule has 0 aliphatic carbocycles. The van der Waals surface area contributed by atoms with E-state index in [1.807, 2.05) is 0 Å². The van der Waals surface area contributed by atoms with E-state index in [1.54, 1.807) is 19.1 Å². The molecule has 1 fully saturated rings. The van der Waals surface area contributed by atoms with Gasteiger partial charge in [0, 0.05) is 19.3 Å². The Morgan fingerprint density at radius 2 is 2.00 bits per heavy atom. The van der Waals surface area contributed by atoms with Crippen LogP contribution in [0.3, 0.4) is 0 Å². The first kappa shape index (κ1) is 24.0. The molecule has 172 valence electrons. The van der Waals surface area contributed by atoms with Crippen molar-refractivity contribution in [1.82, 2.24) is 9.29 Å². The molecule has 1 N–H and O–H groups in total. The van der Waals surface area contributed by atoms with E-state index in [2.05, 4.69) is 10.3 Å². The first-order chi connectivity index (χ1) is 15.3. The standard InChI is InChI=1S/C20H24N4O6S2/c1-2-30-15-6-8-17(18(12-15)24(26)27)22-19(25)14-31-20-9-7-16(13-21-20)32(28,29)23-10-4-3-5-11-23/h6-9,12-13H,2-5,10-11,14H2,1H3,(H,22,25). The van der Waals surface area contributed by atoms with Crippen LogP contribution >= 0.6 is 11.8 Å². The van der Waals surface area contributed by atoms with Gasteiger partial charge in [0.1, 0.15) is 16.3 Å². The Hall–Kier alpha value is -2.70. The fourth-order valence-electron chi connectivity index (χ4n) is 3.21. The third-order valence-electron chi connectivity index (χ3n) is 4.76. The second-order valence-corrected chi connectivity index (χ2v) is 9.94. The quantitative estimate of drug-likeness (QED) is 0.328. The van der Waals surface area contributed by atoms with Crippen LogP contribution in [0.2, 0.25) is 0 Å². The zero-order chi connectivity index (χ0) is 23.1. The molecule has 2 aromatic rings. The zero-order valence-corrected chi connectivity index (χ0v) is 19.2. The van der Waals surface area contributed by atoms with Gasteiger partial charge in [-0.2, -0.15) is 4.31 Å². The average molecular weight is 481 g/mol. The first-order valence-electron chi connectivity index (χ1n) is 10.1. The summed E-state index contributed by atoms with van der Waals surface area (Å²) in [6.45, 7) is 3.15. The molecule has 12 heteroatoms. The number of nitrogens with zero attached hydrogens (tertiary/aromatic N) is 3. The van der Waals surface area contributed by atoms with Gasteiger partial charge >= 0.3 is 0 Å². The van der Waals surface area contributed by atoms with E-state index in [-0.39, 0.29) is 22.0 Å². The molecule has 1 saturated heterocycles. The summed E-state index contributed by atoms with van der Waals surface area (Å²) in [5.41, 5.74) is -0.195. The Balaban J connectivity index is 1.60. The zero-order valence-electron chi connectivity index (χ0n) is 17.5. The van der Waals surface area contributed by atoms with Gasteiger partial charge in [0.05, 0.1) is 28.4 Å². The van der Waals surface area contributed by atoms with Crippen molar-refractivity contribution >= 4 is 39.1 Å². The third-order valence-corrected chi connectivity index (χ3v) is 7.59. The maximum Gasteiger partial charge on any atom is 0.296 e. The number of hydrogen-bond donors (Lipinski definition) is 1. The number of carbonyl (C=O) groups is 1. The largest absolute Gasteiger partial charge is 0.494 e. The van der Waals surface area contributed by atoms with Gasteiger partial charge < -0.3 is 10.1 Å². The number of aromatic nitrogens is 1. The summed E-state index contributed by atoms with van der Waals surface area (Å²) in [7, 11) is -3.56. The molecule has 1 amide bonds. The molecule has 0 bridgehead atoms. The molecule has 1 aromatic carbocycles. The number of pyridine rings is 1. The van der Waals surface area contributed by atoms with E-state index in [0.717, 1.165) is 31.0 Å². The number of nitrogens with one attached hydrogen (secondary N) is 1. The monoisotopic (exact) mass is 480 g/mol. The molecule has 32 heavy (non-hydrogen) atoms. The average Bonchev–Trinajstić information content (AvgIpc) is 2.79. The lowest BCUT2D eigenvalue weighted by atomic mass is 10.2. The molecule has 0 atom stereocenters. The molecule has 0 radical (unpaired) electrons. The molecule has 1 aromatic heterocycles. The van der Waals surface area contributed by atoms with E-state index in [9.17, 15) is 23.3 Å².